The van der Waals surface area contributed by atoms with Gasteiger partial charge in [-0.25, -0.2) is 4.79 Å². The van der Waals surface area contributed by atoms with Gasteiger partial charge in [0.25, 0.3) is 0 Å². The number of hydrogen-bond acceptors (Lipinski definition) is 4. The molecule has 5 heteroatoms. The molecule has 1 aliphatic rings. The second-order valence-corrected chi connectivity index (χ2v) is 14.9. The topological polar surface area (TPSA) is 55.8 Å². The van der Waals surface area contributed by atoms with Crippen LogP contribution in [-0.2, 0) is 14.0 Å². The molecule has 1 N–H and O–H groups in total. The molecule has 0 aromatic rings. The van der Waals surface area contributed by atoms with E-state index in [0.29, 0.717) is 0 Å². The van der Waals surface area contributed by atoms with Gasteiger partial charge >= 0.3 is 5.97 Å². The summed E-state index contributed by atoms with van der Waals surface area (Å²) in [6.07, 6.45) is 5.68. The average molecular weight is 385 g/mol. The summed E-state index contributed by atoms with van der Waals surface area (Å²) in [5, 5.41) is 11.2. The smallest absolute Gasteiger partial charge is 0.344 e. The minimum Gasteiger partial charge on any atom is -0.458 e. The van der Waals surface area contributed by atoms with Crippen LogP contribution in [0.5, 0.6) is 0 Å². The Hall–Kier alpha value is -0.653. The fourth-order valence-corrected chi connectivity index (χ4v) is 4.64. The van der Waals surface area contributed by atoms with Crippen LogP contribution in [0, 0.1) is 5.92 Å². The highest BCUT2D eigenvalue weighted by atomic mass is 28.4. The van der Waals surface area contributed by atoms with Crippen molar-refractivity contribution in [1.29, 1.82) is 0 Å². The highest BCUT2D eigenvalue weighted by Crippen LogP contribution is 2.43. The lowest BCUT2D eigenvalue weighted by Gasteiger charge is -2.47. The zero-order chi connectivity index (χ0) is 20.4. The number of aliphatic hydroxyl groups is 1. The minimum absolute atomic E-state index is 0.0269. The van der Waals surface area contributed by atoms with Crippen molar-refractivity contribution in [2.24, 2.45) is 5.92 Å². The SMILES string of the molecule is C=C[C@@](O[Si](C)(C)C(C)(C)C)(C(=O)OC(C)(C)C)[C@H](O)C1CCCCC1. The van der Waals surface area contributed by atoms with Crippen molar-refractivity contribution < 1.29 is 19.1 Å². The molecular formula is C21H40O4Si. The van der Waals surface area contributed by atoms with Gasteiger partial charge in [-0.3, -0.25) is 0 Å². The third kappa shape index (κ3) is 5.43. The number of carbonyl (C=O) groups is 1. The van der Waals surface area contributed by atoms with Gasteiger partial charge in [-0.05, 0) is 63.7 Å². The molecule has 0 unspecified atom stereocenters. The Labute approximate surface area is 161 Å². The van der Waals surface area contributed by atoms with E-state index in [1.54, 1.807) is 0 Å². The lowest BCUT2D eigenvalue weighted by molar-refractivity contribution is -0.183. The van der Waals surface area contributed by atoms with Gasteiger partial charge in [0.15, 0.2) is 13.9 Å². The van der Waals surface area contributed by atoms with Crippen LogP contribution in [0.15, 0.2) is 12.7 Å². The maximum Gasteiger partial charge on any atom is 0.344 e. The zero-order valence-electron chi connectivity index (χ0n) is 18.1. The first kappa shape index (κ1) is 23.4. The molecule has 1 fully saturated rings. The van der Waals surface area contributed by atoms with E-state index in [-0.39, 0.29) is 11.0 Å². The van der Waals surface area contributed by atoms with E-state index < -0.39 is 31.6 Å². The van der Waals surface area contributed by atoms with Crippen LogP contribution < -0.4 is 0 Å². The van der Waals surface area contributed by atoms with Crippen molar-refractivity contribution in [1.82, 2.24) is 0 Å². The molecule has 0 aromatic carbocycles. The van der Waals surface area contributed by atoms with Crippen LogP contribution in [0.4, 0.5) is 0 Å². The predicted octanol–water partition coefficient (Wildman–Crippen LogP) is 5.22. The van der Waals surface area contributed by atoms with Crippen LogP contribution in [0.25, 0.3) is 0 Å². The van der Waals surface area contributed by atoms with Crippen LogP contribution in [0.2, 0.25) is 18.1 Å². The van der Waals surface area contributed by atoms with Crippen LogP contribution in [0.1, 0.15) is 73.6 Å². The van der Waals surface area contributed by atoms with Gasteiger partial charge in [-0.15, -0.1) is 0 Å². The van der Waals surface area contributed by atoms with Crippen molar-refractivity contribution >= 4 is 14.3 Å². The maximum atomic E-state index is 13.2. The molecule has 4 nitrogen and oxygen atoms in total. The molecule has 2 atom stereocenters. The highest BCUT2D eigenvalue weighted by molar-refractivity contribution is 6.74. The van der Waals surface area contributed by atoms with E-state index in [9.17, 15) is 9.90 Å². The first-order valence-electron chi connectivity index (χ1n) is 9.91. The number of ether oxygens (including phenoxy) is 1. The molecule has 0 saturated heterocycles. The number of esters is 1. The summed E-state index contributed by atoms with van der Waals surface area (Å²) in [6, 6.07) is 0. The minimum atomic E-state index is -2.36. The molecule has 0 radical (unpaired) electrons. The molecule has 0 aromatic heterocycles. The van der Waals surface area contributed by atoms with E-state index >= 15 is 0 Å². The molecule has 0 bridgehead atoms. The Morgan fingerprint density at radius 2 is 1.62 bits per heavy atom. The van der Waals surface area contributed by atoms with Gasteiger partial charge in [0, 0.05) is 0 Å². The number of rotatable bonds is 6. The average Bonchev–Trinajstić information content (AvgIpc) is 2.50. The highest BCUT2D eigenvalue weighted by Gasteiger charge is 2.54. The lowest BCUT2D eigenvalue weighted by atomic mass is 9.78. The Morgan fingerprint density at radius 3 is 2.00 bits per heavy atom. The normalized spacial score (nSPS) is 21.0. The molecule has 1 rings (SSSR count). The summed E-state index contributed by atoms with van der Waals surface area (Å²) in [5.74, 6) is -0.498. The number of carbonyl (C=O) groups excluding carboxylic acids is 1. The van der Waals surface area contributed by atoms with Gasteiger partial charge in [0.05, 0.1) is 6.10 Å². The summed E-state index contributed by atoms with van der Waals surface area (Å²) in [4.78, 5) is 13.2. The van der Waals surface area contributed by atoms with Crippen molar-refractivity contribution in [2.75, 3.05) is 0 Å². The Bertz CT molecular complexity index is 495. The first-order chi connectivity index (χ1) is 11.7. The molecule has 0 amide bonds. The van der Waals surface area contributed by atoms with E-state index in [1.165, 1.54) is 12.5 Å². The van der Waals surface area contributed by atoms with Gasteiger partial charge in [0.2, 0.25) is 0 Å². The predicted molar refractivity (Wildman–Crippen MR) is 110 cm³/mol. The third-order valence-corrected chi connectivity index (χ3v) is 10.2. The van der Waals surface area contributed by atoms with E-state index in [4.69, 9.17) is 9.16 Å². The maximum absolute atomic E-state index is 13.2. The summed E-state index contributed by atoms with van der Waals surface area (Å²) >= 11 is 0. The van der Waals surface area contributed by atoms with Crippen molar-refractivity contribution in [3.05, 3.63) is 12.7 Å². The quantitative estimate of drug-likeness (QED) is 0.388. The van der Waals surface area contributed by atoms with E-state index in [1.807, 2.05) is 20.8 Å². The fraction of sp³-hybridized carbons (Fsp3) is 0.857. The second-order valence-electron chi connectivity index (χ2n) is 10.2. The molecule has 0 spiro atoms. The first-order valence-corrected chi connectivity index (χ1v) is 12.8. The van der Waals surface area contributed by atoms with Crippen LogP contribution >= 0.6 is 0 Å². The summed E-state index contributed by atoms with van der Waals surface area (Å²) in [5.41, 5.74) is -2.17. The summed E-state index contributed by atoms with van der Waals surface area (Å²) in [7, 11) is -2.36. The molecule has 0 aliphatic heterocycles. The van der Waals surface area contributed by atoms with E-state index in [2.05, 4.69) is 40.4 Å². The molecule has 26 heavy (non-hydrogen) atoms. The molecule has 1 aliphatic carbocycles. The Balaban J connectivity index is 3.32. The van der Waals surface area contributed by atoms with Crippen molar-refractivity contribution in [3.8, 4) is 0 Å². The van der Waals surface area contributed by atoms with Crippen LogP contribution in [-0.4, -0.2) is 36.7 Å². The number of hydrogen-bond donors (Lipinski definition) is 1. The van der Waals surface area contributed by atoms with Gasteiger partial charge in [-0.1, -0.05) is 46.6 Å². The zero-order valence-corrected chi connectivity index (χ0v) is 19.1. The fourth-order valence-electron chi connectivity index (χ4n) is 3.20. The monoisotopic (exact) mass is 384 g/mol. The van der Waals surface area contributed by atoms with Crippen LogP contribution in [0.3, 0.4) is 0 Å². The van der Waals surface area contributed by atoms with Crippen molar-refractivity contribution in [2.45, 2.75) is 109 Å². The summed E-state index contributed by atoms with van der Waals surface area (Å²) < 4.78 is 12.2. The van der Waals surface area contributed by atoms with Gasteiger partial charge in [-0.2, -0.15) is 0 Å². The standard InChI is InChI=1S/C21H40O4Si/c1-10-21(18(23)24-19(2,3)4,25-26(8,9)20(5,6)7)17(22)16-14-12-11-13-15-16/h10,16-17,22H,1,11-15H2,2-9H3/t17-,21+/m1/s1. The largest absolute Gasteiger partial charge is 0.458 e. The Kier molecular flexibility index (Phi) is 7.33. The van der Waals surface area contributed by atoms with Gasteiger partial charge in [0.1, 0.15) is 5.60 Å². The van der Waals surface area contributed by atoms with Gasteiger partial charge < -0.3 is 14.3 Å². The second kappa shape index (κ2) is 8.15. The molecule has 152 valence electrons. The molecule has 1 saturated carbocycles. The molecule has 0 heterocycles. The number of aliphatic hydroxyl groups excluding tert-OH is 1. The van der Waals surface area contributed by atoms with E-state index in [0.717, 1.165) is 25.7 Å². The third-order valence-electron chi connectivity index (χ3n) is 5.79. The summed E-state index contributed by atoms with van der Waals surface area (Å²) in [6.45, 7) is 19.9. The molecular weight excluding hydrogens is 344 g/mol. The Morgan fingerprint density at radius 1 is 1.12 bits per heavy atom. The van der Waals surface area contributed by atoms with Crippen molar-refractivity contribution in [3.63, 3.8) is 0 Å². The lowest BCUT2D eigenvalue weighted by Crippen LogP contribution is -2.61.